The molecule has 0 saturated carbocycles. The molecule has 6 heteroatoms. The number of rotatable bonds is 9. The predicted molar refractivity (Wildman–Crippen MR) is 172 cm³/mol. The fourth-order valence-corrected chi connectivity index (χ4v) is 4.82. The van der Waals surface area contributed by atoms with Gasteiger partial charge in [-0.15, -0.1) is 0 Å². The van der Waals surface area contributed by atoms with E-state index in [0.29, 0.717) is 23.7 Å². The van der Waals surface area contributed by atoms with Gasteiger partial charge in [0.1, 0.15) is 0 Å². The van der Waals surface area contributed by atoms with Gasteiger partial charge in [-0.2, -0.15) is 0 Å². The van der Waals surface area contributed by atoms with E-state index < -0.39 is 0 Å². The van der Waals surface area contributed by atoms with Crippen molar-refractivity contribution < 1.29 is 15.9 Å². The third-order valence-electron chi connectivity index (χ3n) is 7.09. The van der Waals surface area contributed by atoms with Gasteiger partial charge in [-0.25, -0.2) is 0 Å². The number of para-hydroxylation sites is 2. The van der Waals surface area contributed by atoms with Gasteiger partial charge in [0.2, 0.25) is 6.67 Å². The quantitative estimate of drug-likeness (QED) is 0.247. The van der Waals surface area contributed by atoms with Crippen molar-refractivity contribution in [3.05, 3.63) is 77.7 Å². The van der Waals surface area contributed by atoms with Gasteiger partial charge in [0.25, 0.3) is 0 Å². The van der Waals surface area contributed by atoms with Gasteiger partial charge in [0.15, 0.2) is 0 Å². The summed E-state index contributed by atoms with van der Waals surface area (Å²) in [4.78, 5) is 6.78. The Labute approximate surface area is 257 Å². The van der Waals surface area contributed by atoms with Crippen LogP contribution in [0.2, 0.25) is 0 Å². The van der Waals surface area contributed by atoms with Gasteiger partial charge in [-0.3, -0.25) is 0 Å². The second-order valence-electron chi connectivity index (χ2n) is 11.0. The van der Waals surface area contributed by atoms with Crippen LogP contribution < -0.4 is 9.80 Å². The first-order valence-electron chi connectivity index (χ1n) is 14.3. The summed E-state index contributed by atoms with van der Waals surface area (Å²) in [6.45, 7) is 31.9. The Hall–Kier alpha value is -1.02. The van der Waals surface area contributed by atoms with Gasteiger partial charge in [-0.1, -0.05) is 113 Å². The summed E-state index contributed by atoms with van der Waals surface area (Å²) in [5.41, 5.74) is 8.05. The van der Waals surface area contributed by atoms with Crippen LogP contribution >= 0.6 is 19.1 Å². The third kappa shape index (κ3) is 10.4. The summed E-state index contributed by atoms with van der Waals surface area (Å²) in [6.07, 6.45) is 4.32. The molecule has 0 atom stereocenters. The average molecular weight is 667 g/mol. The molecule has 3 rings (SSSR count). The predicted octanol–water partition coefficient (Wildman–Crippen LogP) is 10.7. The van der Waals surface area contributed by atoms with E-state index in [1.807, 2.05) is 0 Å². The van der Waals surface area contributed by atoms with Gasteiger partial charge < -0.3 is 14.7 Å². The van der Waals surface area contributed by atoms with Crippen molar-refractivity contribution in [2.75, 3.05) is 29.4 Å². The third-order valence-corrected chi connectivity index (χ3v) is 7.09. The van der Waals surface area contributed by atoms with E-state index in [2.05, 4.69) is 146 Å². The zero-order valence-electron chi connectivity index (χ0n) is 26.0. The Morgan fingerprint density at radius 3 is 1.05 bits per heavy atom. The van der Waals surface area contributed by atoms with Crippen molar-refractivity contribution in [1.82, 2.24) is 4.90 Å². The maximum absolute atomic E-state index is 4.81. The Bertz CT molecular complexity index is 871. The van der Waals surface area contributed by atoms with Crippen LogP contribution in [0.25, 0.3) is 0 Å². The van der Waals surface area contributed by atoms with E-state index in [0.717, 1.165) is 0 Å². The molecule has 2 aromatic carbocycles. The van der Waals surface area contributed by atoms with Crippen LogP contribution in [0.4, 0.5) is 11.4 Å². The molecule has 39 heavy (non-hydrogen) atoms. The first kappa shape index (κ1) is 36.0. The van der Waals surface area contributed by atoms with Crippen LogP contribution in [0.15, 0.2) is 48.8 Å². The molecule has 0 saturated heterocycles. The SMILES string of the molecule is CC(C)c1cccc(C(C)C)c1N1[C]N(c2c(C(C)C)cccc2C(C)C)C=C1.CCN(CC)CC.[Cl][Pd][Cl]. The molecule has 3 nitrogen and oxygen atoms in total. The molecule has 1 heterocycles. The summed E-state index contributed by atoms with van der Waals surface area (Å²) in [5.74, 6) is 1.84. The second kappa shape index (κ2) is 18.4. The molecule has 0 fully saturated rings. The van der Waals surface area contributed by atoms with Crippen LogP contribution in [0.5, 0.6) is 0 Å². The molecule has 0 N–H and O–H groups in total. The van der Waals surface area contributed by atoms with Gasteiger partial charge in [0, 0.05) is 12.4 Å². The Kier molecular flexibility index (Phi) is 17.0. The molecule has 0 aromatic heterocycles. The average Bonchev–Trinajstić information content (AvgIpc) is 3.39. The second-order valence-corrected chi connectivity index (χ2v) is 13.4. The summed E-state index contributed by atoms with van der Waals surface area (Å²) in [5, 5.41) is 0. The van der Waals surface area contributed by atoms with Crippen LogP contribution in [0, 0.1) is 6.67 Å². The molecule has 0 unspecified atom stereocenters. The summed E-state index contributed by atoms with van der Waals surface area (Å²) in [7, 11) is 9.63. The number of anilines is 2. The van der Waals surface area contributed by atoms with E-state index in [4.69, 9.17) is 19.1 Å². The summed E-state index contributed by atoms with van der Waals surface area (Å²) < 4.78 is 0. The molecule has 0 aliphatic carbocycles. The minimum absolute atomic E-state index is 0.106. The topological polar surface area (TPSA) is 9.72 Å². The van der Waals surface area contributed by atoms with E-state index in [1.165, 1.54) is 53.3 Å². The Balaban J connectivity index is 0.000000652. The molecular formula is C33H51Cl2N3Pd. The van der Waals surface area contributed by atoms with Crippen molar-refractivity contribution in [2.24, 2.45) is 0 Å². The first-order valence-corrected chi connectivity index (χ1v) is 18.3. The van der Waals surface area contributed by atoms with Gasteiger partial charge in [0.05, 0.1) is 11.4 Å². The van der Waals surface area contributed by atoms with E-state index in [-0.39, 0.29) is 15.9 Å². The molecule has 0 bridgehead atoms. The number of benzene rings is 2. The van der Waals surface area contributed by atoms with Gasteiger partial charge >= 0.3 is 35.0 Å². The fourth-order valence-electron chi connectivity index (χ4n) is 4.82. The zero-order chi connectivity index (χ0) is 29.7. The molecule has 2 radical (unpaired) electrons. The molecular weight excluding hydrogens is 616 g/mol. The van der Waals surface area contributed by atoms with Crippen molar-refractivity contribution in [1.29, 1.82) is 0 Å². The normalized spacial score (nSPS) is 13.1. The number of nitrogens with zero attached hydrogens (tertiary/aromatic N) is 3. The van der Waals surface area contributed by atoms with E-state index in [9.17, 15) is 0 Å². The molecule has 0 spiro atoms. The van der Waals surface area contributed by atoms with Crippen molar-refractivity contribution >= 4 is 30.4 Å². The number of hydrogen-bond acceptors (Lipinski definition) is 3. The van der Waals surface area contributed by atoms with E-state index in [1.54, 1.807) is 0 Å². The monoisotopic (exact) mass is 665 g/mol. The fraction of sp³-hybridized carbons (Fsp3) is 0.545. The molecule has 0 amide bonds. The van der Waals surface area contributed by atoms with Crippen molar-refractivity contribution in [3.63, 3.8) is 0 Å². The van der Waals surface area contributed by atoms with Crippen LogP contribution in [-0.4, -0.2) is 24.5 Å². The summed E-state index contributed by atoms with van der Waals surface area (Å²) >= 11 is -0.106. The Morgan fingerprint density at radius 2 is 0.872 bits per heavy atom. The van der Waals surface area contributed by atoms with Crippen LogP contribution in [0.1, 0.15) is 122 Å². The molecule has 1 aliphatic heterocycles. The standard InChI is InChI=1S/C27H36N2.C6H15N.2ClH.Pd/c1-18(2)22-11-9-12-23(19(3)4)26(22)28-15-16-29(17-28)27-24(20(5)6)13-10-14-25(27)21(7)8;1-4-7(5-2)6-3;;;/h9-16,18-21H,1-8H3;4-6H2,1-3H3;2*1H;/q;;;;+2/p-2. The zero-order valence-corrected chi connectivity index (χ0v) is 29.0. The first-order chi connectivity index (χ1) is 18.5. The molecule has 2 aromatic rings. The van der Waals surface area contributed by atoms with Crippen molar-refractivity contribution in [2.45, 2.75) is 99.8 Å². The number of halogens is 2. The van der Waals surface area contributed by atoms with Crippen LogP contribution in [0.3, 0.4) is 0 Å². The minimum atomic E-state index is -0.106. The molecule has 222 valence electrons. The van der Waals surface area contributed by atoms with Crippen molar-refractivity contribution in [3.8, 4) is 0 Å². The van der Waals surface area contributed by atoms with Gasteiger partial charge in [-0.05, 0) is 65.6 Å². The maximum atomic E-state index is 4.81. The van der Waals surface area contributed by atoms with E-state index >= 15 is 0 Å². The summed E-state index contributed by atoms with van der Waals surface area (Å²) in [6, 6.07) is 13.4. The Morgan fingerprint density at radius 1 is 0.615 bits per heavy atom. The number of hydrogen-bond donors (Lipinski definition) is 0. The van der Waals surface area contributed by atoms with Crippen LogP contribution in [-0.2, 0) is 15.9 Å². The molecule has 1 aliphatic rings.